The topological polar surface area (TPSA) is 40.7 Å². The van der Waals surface area contributed by atoms with Crippen LogP contribution in [0.5, 0.6) is 0 Å². The van der Waals surface area contributed by atoms with Crippen molar-refractivity contribution in [3.8, 4) is 0 Å². The molecule has 1 aromatic heterocycles. The fraction of sp³-hybridized carbons (Fsp3) is 0.533. The lowest BCUT2D eigenvalue weighted by Crippen LogP contribution is -2.24. The van der Waals surface area contributed by atoms with Gasteiger partial charge in [-0.15, -0.1) is 0 Å². The van der Waals surface area contributed by atoms with Crippen LogP contribution in [0.3, 0.4) is 0 Å². The third kappa shape index (κ3) is 3.51. The number of H-pyrrole nitrogens is 1. The number of nitrogens with one attached hydrogen (secondary N) is 2. The molecule has 0 spiro atoms. The molecule has 19 heavy (non-hydrogen) atoms. The molecule has 0 aliphatic heterocycles. The van der Waals surface area contributed by atoms with Gasteiger partial charge in [-0.2, -0.15) is 0 Å². The third-order valence-electron chi connectivity index (χ3n) is 3.45. The summed E-state index contributed by atoms with van der Waals surface area (Å²) in [5, 5.41) is 4.62. The largest absolute Gasteiger partial charge is 0.333 e. The van der Waals surface area contributed by atoms with Gasteiger partial charge in [-0.05, 0) is 49.9 Å². The highest BCUT2D eigenvalue weighted by molar-refractivity contribution is 7.99. The van der Waals surface area contributed by atoms with Crippen molar-refractivity contribution in [2.45, 2.75) is 37.9 Å². The summed E-state index contributed by atoms with van der Waals surface area (Å²) in [6, 6.07) is 7.16. The van der Waals surface area contributed by atoms with E-state index in [1.807, 2.05) is 11.8 Å². The van der Waals surface area contributed by atoms with Crippen LogP contribution >= 0.6 is 11.8 Å². The first-order valence-electron chi connectivity index (χ1n) is 7.03. The maximum atomic E-state index is 4.62. The van der Waals surface area contributed by atoms with Gasteiger partial charge in [0.1, 0.15) is 0 Å². The number of aromatic amines is 1. The van der Waals surface area contributed by atoms with Gasteiger partial charge in [0.25, 0.3) is 0 Å². The van der Waals surface area contributed by atoms with Crippen molar-refractivity contribution < 1.29 is 0 Å². The summed E-state index contributed by atoms with van der Waals surface area (Å²) >= 11 is 1.83. The Morgan fingerprint density at radius 2 is 2.32 bits per heavy atom. The highest BCUT2D eigenvalue weighted by atomic mass is 32.2. The zero-order chi connectivity index (χ0) is 13.2. The molecule has 0 bridgehead atoms. The van der Waals surface area contributed by atoms with Crippen LogP contribution in [-0.4, -0.2) is 28.3 Å². The SMILES string of the molecule is Cc1ccc2nc(SCC(C)CNC3CC3)[nH]c2c1. The summed E-state index contributed by atoms with van der Waals surface area (Å²) in [5.74, 6) is 1.79. The van der Waals surface area contributed by atoms with Crippen LogP contribution in [0.25, 0.3) is 11.0 Å². The van der Waals surface area contributed by atoms with Crippen LogP contribution in [0, 0.1) is 12.8 Å². The summed E-state index contributed by atoms with van der Waals surface area (Å²) in [5.41, 5.74) is 3.48. The zero-order valence-electron chi connectivity index (χ0n) is 11.6. The van der Waals surface area contributed by atoms with E-state index in [9.17, 15) is 0 Å². The minimum atomic E-state index is 0.681. The molecule has 0 amide bonds. The maximum absolute atomic E-state index is 4.62. The number of aryl methyl sites for hydroxylation is 1. The van der Waals surface area contributed by atoms with E-state index in [4.69, 9.17) is 0 Å². The summed E-state index contributed by atoms with van der Waals surface area (Å²) in [4.78, 5) is 8.02. The van der Waals surface area contributed by atoms with E-state index >= 15 is 0 Å². The number of nitrogens with zero attached hydrogens (tertiary/aromatic N) is 1. The Hall–Kier alpha value is -1.00. The second kappa shape index (κ2) is 5.55. The highest BCUT2D eigenvalue weighted by Gasteiger charge is 2.20. The van der Waals surface area contributed by atoms with Crippen molar-refractivity contribution in [3.05, 3.63) is 23.8 Å². The highest BCUT2D eigenvalue weighted by Crippen LogP contribution is 2.23. The van der Waals surface area contributed by atoms with Crippen LogP contribution in [0.4, 0.5) is 0 Å². The van der Waals surface area contributed by atoms with Crippen LogP contribution in [-0.2, 0) is 0 Å². The fourth-order valence-electron chi connectivity index (χ4n) is 2.10. The van der Waals surface area contributed by atoms with E-state index in [-0.39, 0.29) is 0 Å². The number of hydrogen-bond acceptors (Lipinski definition) is 3. The van der Waals surface area contributed by atoms with Crippen molar-refractivity contribution >= 4 is 22.8 Å². The first-order chi connectivity index (χ1) is 9.20. The molecule has 1 heterocycles. The average molecular weight is 275 g/mol. The quantitative estimate of drug-likeness (QED) is 0.794. The smallest absolute Gasteiger partial charge is 0.166 e. The van der Waals surface area contributed by atoms with Crippen molar-refractivity contribution in [2.75, 3.05) is 12.3 Å². The van der Waals surface area contributed by atoms with Crippen LogP contribution in [0.1, 0.15) is 25.3 Å². The fourth-order valence-corrected chi connectivity index (χ4v) is 3.01. The van der Waals surface area contributed by atoms with Gasteiger partial charge in [0.2, 0.25) is 0 Å². The predicted molar refractivity (Wildman–Crippen MR) is 81.7 cm³/mol. The summed E-state index contributed by atoms with van der Waals surface area (Å²) in [6.45, 7) is 5.53. The second-order valence-corrected chi connectivity index (χ2v) is 6.67. The lowest BCUT2D eigenvalue weighted by Gasteiger charge is -2.10. The van der Waals surface area contributed by atoms with Gasteiger partial charge in [0, 0.05) is 11.8 Å². The molecule has 2 aromatic rings. The molecule has 1 aliphatic carbocycles. The third-order valence-corrected chi connectivity index (χ3v) is 4.66. The normalized spacial score (nSPS) is 16.9. The van der Waals surface area contributed by atoms with Gasteiger partial charge in [-0.3, -0.25) is 0 Å². The molecule has 1 atom stereocenters. The number of fused-ring (bicyclic) bond motifs is 1. The van der Waals surface area contributed by atoms with E-state index in [2.05, 4.69) is 47.3 Å². The lowest BCUT2D eigenvalue weighted by molar-refractivity contribution is 0.556. The second-order valence-electron chi connectivity index (χ2n) is 5.66. The lowest BCUT2D eigenvalue weighted by atomic mass is 10.2. The average Bonchev–Trinajstić information content (AvgIpc) is 3.13. The number of aromatic nitrogens is 2. The van der Waals surface area contributed by atoms with E-state index in [1.165, 1.54) is 18.4 Å². The van der Waals surface area contributed by atoms with E-state index in [0.29, 0.717) is 5.92 Å². The van der Waals surface area contributed by atoms with Gasteiger partial charge in [0.15, 0.2) is 5.16 Å². The molecule has 102 valence electrons. The van der Waals surface area contributed by atoms with Gasteiger partial charge < -0.3 is 10.3 Å². The van der Waals surface area contributed by atoms with Crippen molar-refractivity contribution in [1.82, 2.24) is 15.3 Å². The monoisotopic (exact) mass is 275 g/mol. The molecular formula is C15H21N3S. The van der Waals surface area contributed by atoms with E-state index < -0.39 is 0 Å². The Bertz CT molecular complexity index is 560. The van der Waals surface area contributed by atoms with Gasteiger partial charge in [-0.1, -0.05) is 24.8 Å². The Labute approximate surface area is 118 Å². The van der Waals surface area contributed by atoms with E-state index in [0.717, 1.165) is 34.5 Å². The van der Waals surface area contributed by atoms with Crippen LogP contribution in [0.15, 0.2) is 23.4 Å². The molecule has 2 N–H and O–H groups in total. The molecule has 3 nitrogen and oxygen atoms in total. The van der Waals surface area contributed by atoms with Crippen molar-refractivity contribution in [1.29, 1.82) is 0 Å². The molecule has 1 fully saturated rings. The summed E-state index contributed by atoms with van der Waals surface area (Å²) in [7, 11) is 0. The molecule has 1 unspecified atom stereocenters. The summed E-state index contributed by atoms with van der Waals surface area (Å²) in [6.07, 6.45) is 2.73. The standard InChI is InChI=1S/C15H21N3S/c1-10-3-6-13-14(7-10)18-15(17-13)19-9-11(2)8-16-12-4-5-12/h3,6-7,11-12,16H,4-5,8-9H2,1-2H3,(H,17,18). The number of imidazole rings is 1. The molecule has 0 saturated heterocycles. The molecule has 1 saturated carbocycles. The van der Waals surface area contributed by atoms with Gasteiger partial charge in [-0.25, -0.2) is 4.98 Å². The minimum Gasteiger partial charge on any atom is -0.333 e. The number of benzene rings is 1. The molecule has 3 rings (SSSR count). The minimum absolute atomic E-state index is 0.681. The molecule has 1 aromatic carbocycles. The van der Waals surface area contributed by atoms with Gasteiger partial charge in [0.05, 0.1) is 11.0 Å². The number of rotatable bonds is 6. The first-order valence-corrected chi connectivity index (χ1v) is 8.02. The Kier molecular flexibility index (Phi) is 3.80. The molecule has 4 heteroatoms. The zero-order valence-corrected chi connectivity index (χ0v) is 12.4. The predicted octanol–water partition coefficient (Wildman–Crippen LogP) is 3.35. The first kappa shape index (κ1) is 13.0. The van der Waals surface area contributed by atoms with Crippen LogP contribution in [0.2, 0.25) is 0 Å². The molecule has 0 radical (unpaired) electrons. The van der Waals surface area contributed by atoms with Gasteiger partial charge >= 0.3 is 0 Å². The number of hydrogen-bond donors (Lipinski definition) is 2. The number of thioether (sulfide) groups is 1. The van der Waals surface area contributed by atoms with Crippen molar-refractivity contribution in [2.24, 2.45) is 5.92 Å². The summed E-state index contributed by atoms with van der Waals surface area (Å²) < 4.78 is 0. The Morgan fingerprint density at radius 3 is 3.11 bits per heavy atom. The van der Waals surface area contributed by atoms with E-state index in [1.54, 1.807) is 0 Å². The Balaban J connectivity index is 1.55. The molecule has 1 aliphatic rings. The maximum Gasteiger partial charge on any atom is 0.166 e. The van der Waals surface area contributed by atoms with Crippen LogP contribution < -0.4 is 5.32 Å². The van der Waals surface area contributed by atoms with Crippen molar-refractivity contribution in [3.63, 3.8) is 0 Å². The Morgan fingerprint density at radius 1 is 1.47 bits per heavy atom. The molecular weight excluding hydrogens is 254 g/mol.